The minimum absolute atomic E-state index is 0.259. The maximum absolute atomic E-state index is 10.6. The van der Waals surface area contributed by atoms with Gasteiger partial charge in [-0.3, -0.25) is 0 Å². The third-order valence-electron chi connectivity index (χ3n) is 3.66. The van der Waals surface area contributed by atoms with Crippen molar-refractivity contribution in [1.82, 2.24) is 15.6 Å². The van der Waals surface area contributed by atoms with Gasteiger partial charge in [0.1, 0.15) is 29.4 Å². The molecular formula is C17H26N4O3. The van der Waals surface area contributed by atoms with E-state index in [1.54, 1.807) is 13.0 Å². The maximum Gasteiger partial charge on any atom is 0.216 e. The third kappa shape index (κ3) is 4.61. The number of furan rings is 1. The predicted molar refractivity (Wildman–Crippen MR) is 91.8 cm³/mol. The number of nitrogens with zero attached hydrogens (tertiary/aromatic N) is 2. The number of aliphatic imine (C=N–C) groups is 1. The molecule has 3 N–H and O–H groups in total. The number of rotatable bonds is 6. The molecule has 0 aliphatic carbocycles. The van der Waals surface area contributed by atoms with Crippen LogP contribution in [0.2, 0.25) is 0 Å². The monoisotopic (exact) mass is 334 g/mol. The van der Waals surface area contributed by atoms with Crippen LogP contribution >= 0.6 is 0 Å². The molecule has 1 unspecified atom stereocenters. The van der Waals surface area contributed by atoms with E-state index in [1.807, 2.05) is 33.8 Å². The van der Waals surface area contributed by atoms with E-state index >= 15 is 0 Å². The van der Waals surface area contributed by atoms with Crippen LogP contribution in [0.3, 0.4) is 0 Å². The van der Waals surface area contributed by atoms with Crippen molar-refractivity contribution >= 4 is 5.96 Å². The SMILES string of the molecule is CCNC(=NCc1nc(C)c(C)o1)NCC(C)(O)c1ccc(C)o1. The molecule has 0 aromatic carbocycles. The number of hydrogen-bond donors (Lipinski definition) is 3. The summed E-state index contributed by atoms with van der Waals surface area (Å²) >= 11 is 0. The fraction of sp³-hybridized carbons (Fsp3) is 0.529. The van der Waals surface area contributed by atoms with Gasteiger partial charge in [0.15, 0.2) is 5.96 Å². The van der Waals surface area contributed by atoms with E-state index in [-0.39, 0.29) is 6.54 Å². The van der Waals surface area contributed by atoms with Crippen molar-refractivity contribution in [1.29, 1.82) is 0 Å². The number of aryl methyl sites for hydroxylation is 3. The van der Waals surface area contributed by atoms with Gasteiger partial charge in [0.05, 0.1) is 12.2 Å². The summed E-state index contributed by atoms with van der Waals surface area (Å²) in [5, 5.41) is 16.8. The number of nitrogens with one attached hydrogen (secondary N) is 2. The topological polar surface area (TPSA) is 95.8 Å². The van der Waals surface area contributed by atoms with E-state index < -0.39 is 5.60 Å². The third-order valence-corrected chi connectivity index (χ3v) is 3.66. The smallest absolute Gasteiger partial charge is 0.216 e. The zero-order valence-corrected chi connectivity index (χ0v) is 14.9. The van der Waals surface area contributed by atoms with Crippen molar-refractivity contribution in [3.05, 3.63) is 41.0 Å². The first-order chi connectivity index (χ1) is 11.3. The zero-order valence-electron chi connectivity index (χ0n) is 14.9. The van der Waals surface area contributed by atoms with Crippen LogP contribution in [0.25, 0.3) is 0 Å². The number of aliphatic hydroxyl groups is 1. The van der Waals surface area contributed by atoms with Gasteiger partial charge in [0.25, 0.3) is 0 Å². The largest absolute Gasteiger partial charge is 0.463 e. The second-order valence-electron chi connectivity index (χ2n) is 5.98. The van der Waals surface area contributed by atoms with Crippen molar-refractivity contribution in [2.75, 3.05) is 13.1 Å². The standard InChI is InChI=1S/C17H26N4O3/c1-6-18-16(19-9-15-21-12(3)13(4)24-15)20-10-17(5,22)14-8-7-11(2)23-14/h7-8,22H,6,9-10H2,1-5H3,(H2,18,19,20). The lowest BCUT2D eigenvalue weighted by Gasteiger charge is -2.22. The van der Waals surface area contributed by atoms with E-state index in [1.165, 1.54) is 0 Å². The minimum Gasteiger partial charge on any atom is -0.463 e. The van der Waals surface area contributed by atoms with Gasteiger partial charge in [0, 0.05) is 6.54 Å². The molecule has 0 bridgehead atoms. The molecule has 7 heteroatoms. The van der Waals surface area contributed by atoms with Gasteiger partial charge in [-0.2, -0.15) is 0 Å². The van der Waals surface area contributed by atoms with Crippen LogP contribution in [-0.4, -0.2) is 29.1 Å². The van der Waals surface area contributed by atoms with Gasteiger partial charge in [-0.15, -0.1) is 0 Å². The summed E-state index contributed by atoms with van der Waals surface area (Å²) in [6, 6.07) is 3.61. The van der Waals surface area contributed by atoms with E-state index in [0.717, 1.165) is 17.2 Å². The Morgan fingerprint density at radius 2 is 2.00 bits per heavy atom. The highest BCUT2D eigenvalue weighted by Gasteiger charge is 2.27. The Balaban J connectivity index is 2.00. The maximum atomic E-state index is 10.6. The second-order valence-corrected chi connectivity index (χ2v) is 5.98. The average molecular weight is 334 g/mol. The summed E-state index contributed by atoms with van der Waals surface area (Å²) in [5.41, 5.74) is -0.269. The molecule has 2 aromatic rings. The first-order valence-electron chi connectivity index (χ1n) is 8.06. The quantitative estimate of drug-likeness (QED) is 0.553. The Hall–Kier alpha value is -2.28. The van der Waals surface area contributed by atoms with E-state index in [4.69, 9.17) is 8.83 Å². The molecule has 0 amide bonds. The molecule has 0 saturated carbocycles. The Kier molecular flexibility index (Phi) is 5.66. The average Bonchev–Trinajstić information content (AvgIpc) is 3.09. The van der Waals surface area contributed by atoms with Crippen LogP contribution in [0.4, 0.5) is 0 Å². The molecule has 0 aliphatic heterocycles. The summed E-state index contributed by atoms with van der Waals surface area (Å²) in [6.45, 7) is 10.6. The second kappa shape index (κ2) is 7.53. The minimum atomic E-state index is -1.14. The van der Waals surface area contributed by atoms with Gasteiger partial charge in [-0.25, -0.2) is 9.98 Å². The van der Waals surface area contributed by atoms with Crippen LogP contribution in [0.15, 0.2) is 26.0 Å². The van der Waals surface area contributed by atoms with Gasteiger partial charge < -0.3 is 24.6 Å². The lowest BCUT2D eigenvalue weighted by molar-refractivity contribution is 0.0378. The highest BCUT2D eigenvalue weighted by molar-refractivity contribution is 5.79. The van der Waals surface area contributed by atoms with Crippen LogP contribution in [0.1, 0.15) is 42.7 Å². The van der Waals surface area contributed by atoms with Crippen LogP contribution in [0.5, 0.6) is 0 Å². The van der Waals surface area contributed by atoms with E-state index in [2.05, 4.69) is 20.6 Å². The molecule has 7 nitrogen and oxygen atoms in total. The van der Waals surface area contributed by atoms with Crippen LogP contribution < -0.4 is 10.6 Å². The predicted octanol–water partition coefficient (Wildman–Crippen LogP) is 2.16. The first kappa shape index (κ1) is 18.1. The van der Waals surface area contributed by atoms with E-state index in [0.29, 0.717) is 30.7 Å². The molecule has 0 aliphatic rings. The molecule has 0 fully saturated rings. The van der Waals surface area contributed by atoms with Crippen molar-refractivity contribution < 1.29 is 13.9 Å². The summed E-state index contributed by atoms with van der Waals surface area (Å²) in [7, 11) is 0. The first-order valence-corrected chi connectivity index (χ1v) is 8.06. The van der Waals surface area contributed by atoms with Gasteiger partial charge in [-0.05, 0) is 46.8 Å². The number of hydrogen-bond acceptors (Lipinski definition) is 5. The van der Waals surface area contributed by atoms with Gasteiger partial charge >= 0.3 is 0 Å². The highest BCUT2D eigenvalue weighted by atomic mass is 16.4. The molecule has 1 atom stereocenters. The molecule has 0 radical (unpaired) electrons. The van der Waals surface area contributed by atoms with E-state index in [9.17, 15) is 5.11 Å². The van der Waals surface area contributed by atoms with Crippen LogP contribution in [0, 0.1) is 20.8 Å². The van der Waals surface area contributed by atoms with Crippen molar-refractivity contribution in [2.24, 2.45) is 4.99 Å². The zero-order chi connectivity index (χ0) is 17.7. The molecule has 2 aromatic heterocycles. The van der Waals surface area contributed by atoms with Crippen molar-refractivity contribution in [3.63, 3.8) is 0 Å². The Morgan fingerprint density at radius 3 is 2.54 bits per heavy atom. The summed E-state index contributed by atoms with van der Waals surface area (Å²) < 4.78 is 11.0. The molecular weight excluding hydrogens is 308 g/mol. The molecule has 24 heavy (non-hydrogen) atoms. The normalized spacial score (nSPS) is 14.5. The molecule has 0 saturated heterocycles. The molecule has 132 valence electrons. The Bertz CT molecular complexity index is 681. The fourth-order valence-electron chi connectivity index (χ4n) is 2.16. The summed E-state index contributed by atoms with van der Waals surface area (Å²) in [5.74, 6) is 3.22. The number of oxazole rings is 1. The molecule has 2 rings (SSSR count). The number of aromatic nitrogens is 1. The fourth-order valence-corrected chi connectivity index (χ4v) is 2.16. The highest BCUT2D eigenvalue weighted by Crippen LogP contribution is 2.21. The Morgan fingerprint density at radius 1 is 1.25 bits per heavy atom. The van der Waals surface area contributed by atoms with Crippen molar-refractivity contribution in [2.45, 2.75) is 46.8 Å². The van der Waals surface area contributed by atoms with Crippen molar-refractivity contribution in [3.8, 4) is 0 Å². The molecule has 0 spiro atoms. The summed E-state index contributed by atoms with van der Waals surface area (Å²) in [4.78, 5) is 8.74. The van der Waals surface area contributed by atoms with Gasteiger partial charge in [0.2, 0.25) is 5.89 Å². The Labute approximate surface area is 142 Å². The summed E-state index contributed by atoms with van der Waals surface area (Å²) in [6.07, 6.45) is 0. The lowest BCUT2D eigenvalue weighted by Crippen LogP contribution is -2.44. The number of guanidine groups is 1. The molecule has 2 heterocycles. The van der Waals surface area contributed by atoms with Gasteiger partial charge in [-0.1, -0.05) is 0 Å². The lowest BCUT2D eigenvalue weighted by atomic mass is 10.0. The van der Waals surface area contributed by atoms with Crippen LogP contribution in [-0.2, 0) is 12.1 Å².